The Balaban J connectivity index is 1.58. The Kier molecular flexibility index (Phi) is 3.84. The molecule has 1 unspecified atom stereocenters. The van der Waals surface area contributed by atoms with Crippen LogP contribution in [0.1, 0.15) is 38.5 Å². The van der Waals surface area contributed by atoms with E-state index in [1.54, 1.807) is 0 Å². The van der Waals surface area contributed by atoms with E-state index in [9.17, 15) is 14.4 Å². The molecular formula is C14H22N4O3. The molecule has 4 amide bonds. The van der Waals surface area contributed by atoms with Gasteiger partial charge in [-0.25, -0.2) is 4.79 Å². The molecule has 7 heteroatoms. The van der Waals surface area contributed by atoms with Crippen molar-refractivity contribution in [2.75, 3.05) is 19.6 Å². The Morgan fingerprint density at radius 2 is 2.05 bits per heavy atom. The molecule has 0 radical (unpaired) electrons. The highest BCUT2D eigenvalue weighted by atomic mass is 16.2. The molecule has 21 heavy (non-hydrogen) atoms. The summed E-state index contributed by atoms with van der Waals surface area (Å²) in [7, 11) is 0. The normalized spacial score (nSPS) is 30.0. The van der Waals surface area contributed by atoms with Crippen molar-refractivity contribution >= 4 is 17.8 Å². The molecule has 3 aliphatic rings. The van der Waals surface area contributed by atoms with Gasteiger partial charge in [0.25, 0.3) is 5.91 Å². The molecule has 2 aliphatic heterocycles. The van der Waals surface area contributed by atoms with Crippen molar-refractivity contribution in [2.45, 2.75) is 50.1 Å². The second-order valence-corrected chi connectivity index (χ2v) is 6.23. The molecule has 0 aromatic carbocycles. The summed E-state index contributed by atoms with van der Waals surface area (Å²) >= 11 is 0. The maximum absolute atomic E-state index is 12.4. The summed E-state index contributed by atoms with van der Waals surface area (Å²) in [6.07, 6.45) is 6.03. The Hall–Kier alpha value is -1.63. The van der Waals surface area contributed by atoms with Crippen LogP contribution in [0.25, 0.3) is 0 Å². The van der Waals surface area contributed by atoms with E-state index in [2.05, 4.69) is 16.0 Å². The van der Waals surface area contributed by atoms with Crippen LogP contribution in [0.15, 0.2) is 0 Å². The fraction of sp³-hybridized carbons (Fsp3) is 0.786. The minimum atomic E-state index is -0.831. The number of carbonyl (C=O) groups excluding carboxylic acids is 3. The quantitative estimate of drug-likeness (QED) is 0.624. The van der Waals surface area contributed by atoms with E-state index in [1.807, 2.05) is 0 Å². The van der Waals surface area contributed by atoms with E-state index in [1.165, 1.54) is 6.42 Å². The molecule has 2 saturated heterocycles. The van der Waals surface area contributed by atoms with Gasteiger partial charge in [0.05, 0.1) is 0 Å². The van der Waals surface area contributed by atoms with Crippen LogP contribution in [-0.2, 0) is 9.59 Å². The molecule has 3 N–H and O–H groups in total. The molecule has 2 heterocycles. The fourth-order valence-electron chi connectivity index (χ4n) is 3.46. The van der Waals surface area contributed by atoms with Gasteiger partial charge in [0.1, 0.15) is 12.1 Å². The summed E-state index contributed by atoms with van der Waals surface area (Å²) in [6.45, 7) is 0.968. The van der Waals surface area contributed by atoms with Crippen LogP contribution in [-0.4, -0.2) is 54.0 Å². The Morgan fingerprint density at radius 3 is 2.71 bits per heavy atom. The van der Waals surface area contributed by atoms with Crippen molar-refractivity contribution in [3.05, 3.63) is 0 Å². The van der Waals surface area contributed by atoms with Gasteiger partial charge in [-0.15, -0.1) is 0 Å². The van der Waals surface area contributed by atoms with Crippen molar-refractivity contribution in [3.8, 4) is 0 Å². The first-order valence-electron chi connectivity index (χ1n) is 7.75. The highest BCUT2D eigenvalue weighted by Crippen LogP contribution is 2.24. The molecule has 7 nitrogen and oxygen atoms in total. The molecule has 1 spiro atoms. The Morgan fingerprint density at radius 1 is 1.29 bits per heavy atom. The lowest BCUT2D eigenvalue weighted by Gasteiger charge is -2.24. The van der Waals surface area contributed by atoms with Crippen LogP contribution in [0, 0.1) is 0 Å². The summed E-state index contributed by atoms with van der Waals surface area (Å²) < 4.78 is 0. The topological polar surface area (TPSA) is 90.5 Å². The Labute approximate surface area is 123 Å². The zero-order valence-corrected chi connectivity index (χ0v) is 12.1. The average molecular weight is 294 g/mol. The number of hydrogen-bond donors (Lipinski definition) is 3. The number of nitrogens with one attached hydrogen (secondary N) is 3. The van der Waals surface area contributed by atoms with Gasteiger partial charge in [-0.05, 0) is 25.8 Å². The van der Waals surface area contributed by atoms with Gasteiger partial charge in [0.2, 0.25) is 5.91 Å². The standard InChI is InChI=1S/C14H22N4O3/c19-11(16-10-4-2-1-3-5-10)8-18-12(20)14(17-13(18)21)6-7-15-9-14/h10,15H,1-9H2,(H,16,19)(H,17,21). The van der Waals surface area contributed by atoms with Crippen molar-refractivity contribution < 1.29 is 14.4 Å². The zero-order chi connectivity index (χ0) is 14.9. The molecule has 0 aromatic heterocycles. The molecule has 0 aromatic rings. The zero-order valence-electron chi connectivity index (χ0n) is 12.1. The lowest BCUT2D eigenvalue weighted by molar-refractivity contribution is -0.134. The van der Waals surface area contributed by atoms with Gasteiger partial charge >= 0.3 is 6.03 Å². The first kappa shape index (κ1) is 14.3. The Bertz CT molecular complexity index is 453. The molecular weight excluding hydrogens is 272 g/mol. The number of nitrogens with zero attached hydrogens (tertiary/aromatic N) is 1. The maximum Gasteiger partial charge on any atom is 0.325 e. The number of hydrogen-bond acceptors (Lipinski definition) is 4. The highest BCUT2D eigenvalue weighted by molar-refractivity contribution is 6.09. The van der Waals surface area contributed by atoms with Crippen molar-refractivity contribution in [3.63, 3.8) is 0 Å². The summed E-state index contributed by atoms with van der Waals surface area (Å²) in [5.41, 5.74) is -0.831. The number of urea groups is 1. The molecule has 0 bridgehead atoms. The van der Waals surface area contributed by atoms with Gasteiger partial charge in [0, 0.05) is 12.6 Å². The first-order chi connectivity index (χ1) is 10.1. The summed E-state index contributed by atoms with van der Waals surface area (Å²) in [6, 6.07) is -0.267. The predicted octanol–water partition coefficient (Wildman–Crippen LogP) is -0.281. The maximum atomic E-state index is 12.4. The van der Waals surface area contributed by atoms with Gasteiger partial charge in [-0.2, -0.15) is 0 Å². The molecule has 1 atom stereocenters. The minimum absolute atomic E-state index is 0.178. The third kappa shape index (κ3) is 2.74. The van der Waals surface area contributed by atoms with Crippen molar-refractivity contribution in [2.24, 2.45) is 0 Å². The second kappa shape index (κ2) is 5.63. The van der Waals surface area contributed by atoms with Gasteiger partial charge < -0.3 is 16.0 Å². The van der Waals surface area contributed by atoms with E-state index in [-0.39, 0.29) is 24.4 Å². The lowest BCUT2D eigenvalue weighted by atomic mass is 9.95. The molecule has 116 valence electrons. The fourth-order valence-corrected chi connectivity index (χ4v) is 3.46. The monoisotopic (exact) mass is 294 g/mol. The first-order valence-corrected chi connectivity index (χ1v) is 7.75. The van der Waals surface area contributed by atoms with Crippen LogP contribution in [0.2, 0.25) is 0 Å². The van der Waals surface area contributed by atoms with Gasteiger partial charge in [-0.3, -0.25) is 14.5 Å². The number of carbonyl (C=O) groups is 3. The molecule has 3 fully saturated rings. The largest absolute Gasteiger partial charge is 0.352 e. The summed E-state index contributed by atoms with van der Waals surface area (Å²) in [4.78, 5) is 37.5. The van der Waals surface area contributed by atoms with Crippen LogP contribution in [0.5, 0.6) is 0 Å². The lowest BCUT2D eigenvalue weighted by Crippen LogP contribution is -2.49. The van der Waals surface area contributed by atoms with Crippen molar-refractivity contribution in [1.29, 1.82) is 0 Å². The highest BCUT2D eigenvalue weighted by Gasteiger charge is 2.52. The van der Waals surface area contributed by atoms with Crippen LogP contribution in [0.4, 0.5) is 4.79 Å². The van der Waals surface area contributed by atoms with Crippen LogP contribution >= 0.6 is 0 Å². The number of rotatable bonds is 3. The van der Waals surface area contributed by atoms with Crippen LogP contribution in [0.3, 0.4) is 0 Å². The smallest absolute Gasteiger partial charge is 0.325 e. The van der Waals surface area contributed by atoms with Crippen LogP contribution < -0.4 is 16.0 Å². The predicted molar refractivity (Wildman–Crippen MR) is 75.5 cm³/mol. The van der Waals surface area contributed by atoms with Gasteiger partial charge in [-0.1, -0.05) is 19.3 Å². The molecule has 1 aliphatic carbocycles. The third-order valence-corrected chi connectivity index (χ3v) is 4.67. The average Bonchev–Trinajstić information content (AvgIpc) is 3.02. The molecule has 1 saturated carbocycles. The van der Waals surface area contributed by atoms with E-state index in [0.717, 1.165) is 30.6 Å². The van der Waals surface area contributed by atoms with E-state index in [4.69, 9.17) is 0 Å². The van der Waals surface area contributed by atoms with Gasteiger partial charge in [0.15, 0.2) is 0 Å². The SMILES string of the molecule is O=C(CN1C(=O)NC2(CCNC2)C1=O)NC1CCCCC1. The molecule has 3 rings (SSSR count). The number of imide groups is 1. The second-order valence-electron chi connectivity index (χ2n) is 6.23. The number of amides is 4. The van der Waals surface area contributed by atoms with E-state index >= 15 is 0 Å². The summed E-state index contributed by atoms with van der Waals surface area (Å²) in [5.74, 6) is -0.523. The van der Waals surface area contributed by atoms with Crippen molar-refractivity contribution in [1.82, 2.24) is 20.9 Å². The summed E-state index contributed by atoms with van der Waals surface area (Å²) in [5, 5.41) is 8.75. The van der Waals surface area contributed by atoms with E-state index < -0.39 is 11.6 Å². The van der Waals surface area contributed by atoms with E-state index in [0.29, 0.717) is 19.5 Å². The minimum Gasteiger partial charge on any atom is -0.352 e. The third-order valence-electron chi connectivity index (χ3n) is 4.67.